The van der Waals surface area contributed by atoms with Gasteiger partial charge in [-0.25, -0.2) is 0 Å². The van der Waals surface area contributed by atoms with Crippen molar-refractivity contribution < 1.29 is 28.6 Å². The number of rotatable bonds is 52. The highest BCUT2D eigenvalue weighted by atomic mass is 16.6. The summed E-state index contributed by atoms with van der Waals surface area (Å²) >= 11 is 0. The molecule has 0 saturated carbocycles. The minimum Gasteiger partial charge on any atom is -0.462 e. The van der Waals surface area contributed by atoms with Crippen molar-refractivity contribution in [2.75, 3.05) is 13.2 Å². The predicted octanol–water partition coefficient (Wildman–Crippen LogP) is 18.9. The maximum atomic E-state index is 12.8. The molecule has 0 spiro atoms. The van der Waals surface area contributed by atoms with E-state index in [1.807, 2.05) is 0 Å². The fourth-order valence-corrected chi connectivity index (χ4v) is 8.87. The number of carbonyl (C=O) groups excluding carboxylic acids is 3. The van der Waals surface area contributed by atoms with Gasteiger partial charge in [0.2, 0.25) is 0 Å². The Morgan fingerprint density at radius 2 is 0.516 bits per heavy atom. The highest BCUT2D eigenvalue weighted by molar-refractivity contribution is 5.71. The van der Waals surface area contributed by atoms with Crippen LogP contribution in [0.3, 0.4) is 0 Å². The second kappa shape index (κ2) is 50.8. The molecular formula is C58H112O6. The average molecular weight is 906 g/mol. The Hall–Kier alpha value is -1.59. The van der Waals surface area contributed by atoms with Gasteiger partial charge >= 0.3 is 17.9 Å². The molecule has 0 aliphatic heterocycles. The highest BCUT2D eigenvalue weighted by Gasteiger charge is 2.19. The van der Waals surface area contributed by atoms with Crippen LogP contribution in [0.4, 0.5) is 0 Å². The smallest absolute Gasteiger partial charge is 0.306 e. The molecule has 0 saturated heterocycles. The first-order chi connectivity index (χ1) is 31.2. The van der Waals surface area contributed by atoms with E-state index in [-0.39, 0.29) is 31.1 Å². The second-order valence-corrected chi connectivity index (χ2v) is 20.9. The van der Waals surface area contributed by atoms with E-state index in [9.17, 15) is 14.4 Å². The number of carbonyl (C=O) groups is 3. The molecule has 0 bridgehead atoms. The first-order valence-electron chi connectivity index (χ1n) is 28.7. The molecule has 0 aliphatic carbocycles. The summed E-state index contributed by atoms with van der Waals surface area (Å²) in [4.78, 5) is 38.1. The Bertz CT molecular complexity index is 978. The van der Waals surface area contributed by atoms with Crippen molar-refractivity contribution in [2.24, 2.45) is 11.8 Å². The Balaban J connectivity index is 4.23. The SMILES string of the molecule is CCCCCCCCCCCCCCCCCCCCCC(=O)OC[C@H](COC(=O)CCCCCCCCCCCCCCCC(C)C)OC(=O)CCCCCCCCCCC(C)C. The molecule has 0 rings (SSSR count). The molecule has 0 N–H and O–H groups in total. The standard InChI is InChI=1S/C58H112O6/c1-6-7-8-9-10-11-12-13-14-15-16-17-18-21-24-27-33-38-43-48-56(59)62-51-55(64-58(61)50-45-40-35-30-29-32-37-42-47-54(4)5)52-63-57(60)49-44-39-34-28-25-22-19-20-23-26-31-36-41-46-53(2)3/h53-55H,6-52H2,1-5H3/t55-/m1/s1. The first kappa shape index (κ1) is 62.4. The third-order valence-electron chi connectivity index (χ3n) is 13.2. The molecule has 0 heterocycles. The van der Waals surface area contributed by atoms with Crippen LogP contribution in [0.15, 0.2) is 0 Å². The van der Waals surface area contributed by atoms with Crippen molar-refractivity contribution in [1.29, 1.82) is 0 Å². The summed E-state index contributed by atoms with van der Waals surface area (Å²) in [5, 5.41) is 0. The minimum absolute atomic E-state index is 0.0634. The van der Waals surface area contributed by atoms with Crippen molar-refractivity contribution in [3.8, 4) is 0 Å². The fraction of sp³-hybridized carbons (Fsp3) is 0.948. The average Bonchev–Trinajstić information content (AvgIpc) is 3.27. The molecule has 0 aromatic heterocycles. The van der Waals surface area contributed by atoms with E-state index in [0.29, 0.717) is 19.3 Å². The highest BCUT2D eigenvalue weighted by Crippen LogP contribution is 2.18. The largest absolute Gasteiger partial charge is 0.462 e. The maximum Gasteiger partial charge on any atom is 0.306 e. The lowest BCUT2D eigenvalue weighted by molar-refractivity contribution is -0.167. The van der Waals surface area contributed by atoms with Gasteiger partial charge in [0, 0.05) is 19.3 Å². The van der Waals surface area contributed by atoms with Crippen LogP contribution in [0.2, 0.25) is 0 Å². The summed E-state index contributed by atoms with van der Waals surface area (Å²) in [5.74, 6) is 0.790. The van der Waals surface area contributed by atoms with Gasteiger partial charge in [-0.1, -0.05) is 285 Å². The molecule has 0 radical (unpaired) electrons. The van der Waals surface area contributed by atoms with Gasteiger partial charge in [-0.2, -0.15) is 0 Å². The van der Waals surface area contributed by atoms with Crippen LogP contribution in [0.25, 0.3) is 0 Å². The molecule has 380 valence electrons. The van der Waals surface area contributed by atoms with Gasteiger partial charge in [0.25, 0.3) is 0 Å². The van der Waals surface area contributed by atoms with Crippen molar-refractivity contribution in [1.82, 2.24) is 0 Å². The van der Waals surface area contributed by atoms with Gasteiger partial charge in [0.15, 0.2) is 6.10 Å². The Labute approximate surface area is 399 Å². The second-order valence-electron chi connectivity index (χ2n) is 20.9. The lowest BCUT2D eigenvalue weighted by Gasteiger charge is -2.18. The summed E-state index contributed by atoms with van der Waals surface area (Å²) < 4.78 is 16.9. The van der Waals surface area contributed by atoms with Crippen molar-refractivity contribution >= 4 is 17.9 Å². The zero-order valence-corrected chi connectivity index (χ0v) is 43.9. The van der Waals surface area contributed by atoms with E-state index >= 15 is 0 Å². The molecular weight excluding hydrogens is 793 g/mol. The van der Waals surface area contributed by atoms with Gasteiger partial charge in [-0.3, -0.25) is 14.4 Å². The quantitative estimate of drug-likeness (QED) is 0.0344. The maximum absolute atomic E-state index is 12.8. The van der Waals surface area contributed by atoms with Crippen LogP contribution >= 0.6 is 0 Å². The topological polar surface area (TPSA) is 78.9 Å². The molecule has 0 aromatic rings. The molecule has 6 nitrogen and oxygen atoms in total. The van der Waals surface area contributed by atoms with Crippen LogP contribution < -0.4 is 0 Å². The van der Waals surface area contributed by atoms with Crippen LogP contribution in [0, 0.1) is 11.8 Å². The molecule has 0 aliphatic rings. The molecule has 0 amide bonds. The lowest BCUT2D eigenvalue weighted by atomic mass is 10.0. The van der Waals surface area contributed by atoms with E-state index < -0.39 is 6.10 Å². The van der Waals surface area contributed by atoms with Gasteiger partial charge in [-0.05, 0) is 31.1 Å². The summed E-state index contributed by atoms with van der Waals surface area (Å²) in [6.07, 6.45) is 53.9. The summed E-state index contributed by atoms with van der Waals surface area (Å²) in [6.45, 7) is 11.4. The molecule has 0 aromatic carbocycles. The van der Waals surface area contributed by atoms with Gasteiger partial charge in [0.05, 0.1) is 0 Å². The molecule has 6 heteroatoms. The van der Waals surface area contributed by atoms with Crippen molar-refractivity contribution in [2.45, 2.75) is 330 Å². The molecule has 0 fully saturated rings. The minimum atomic E-state index is -0.763. The fourth-order valence-electron chi connectivity index (χ4n) is 8.87. The van der Waals surface area contributed by atoms with E-state index in [1.54, 1.807) is 0 Å². The van der Waals surface area contributed by atoms with Gasteiger partial charge in [0.1, 0.15) is 13.2 Å². The van der Waals surface area contributed by atoms with Crippen LogP contribution in [0.5, 0.6) is 0 Å². The van der Waals surface area contributed by atoms with Gasteiger partial charge < -0.3 is 14.2 Å². The monoisotopic (exact) mass is 905 g/mol. The predicted molar refractivity (Wildman–Crippen MR) is 275 cm³/mol. The third-order valence-corrected chi connectivity index (χ3v) is 13.2. The van der Waals surface area contributed by atoms with E-state index in [1.165, 1.54) is 212 Å². The molecule has 64 heavy (non-hydrogen) atoms. The number of esters is 3. The summed E-state index contributed by atoms with van der Waals surface area (Å²) in [6, 6.07) is 0. The summed E-state index contributed by atoms with van der Waals surface area (Å²) in [7, 11) is 0. The van der Waals surface area contributed by atoms with E-state index in [4.69, 9.17) is 14.2 Å². The zero-order valence-electron chi connectivity index (χ0n) is 43.9. The Morgan fingerprint density at radius 1 is 0.297 bits per heavy atom. The number of hydrogen-bond donors (Lipinski definition) is 0. The Morgan fingerprint density at radius 3 is 0.766 bits per heavy atom. The number of ether oxygens (including phenoxy) is 3. The van der Waals surface area contributed by atoms with Crippen molar-refractivity contribution in [3.63, 3.8) is 0 Å². The first-order valence-corrected chi connectivity index (χ1v) is 28.7. The molecule has 1 atom stereocenters. The lowest BCUT2D eigenvalue weighted by Crippen LogP contribution is -2.30. The number of unbranched alkanes of at least 4 members (excludes halogenated alkanes) is 37. The van der Waals surface area contributed by atoms with Crippen LogP contribution in [0.1, 0.15) is 324 Å². The van der Waals surface area contributed by atoms with E-state index in [2.05, 4.69) is 34.6 Å². The normalized spacial score (nSPS) is 12.0. The summed E-state index contributed by atoms with van der Waals surface area (Å²) in [5.41, 5.74) is 0. The van der Waals surface area contributed by atoms with E-state index in [0.717, 1.165) is 69.6 Å². The van der Waals surface area contributed by atoms with Gasteiger partial charge in [-0.15, -0.1) is 0 Å². The van der Waals surface area contributed by atoms with Crippen LogP contribution in [-0.2, 0) is 28.6 Å². The zero-order chi connectivity index (χ0) is 46.8. The third kappa shape index (κ3) is 51.4. The number of hydrogen-bond acceptors (Lipinski definition) is 6. The van der Waals surface area contributed by atoms with Crippen LogP contribution in [-0.4, -0.2) is 37.2 Å². The van der Waals surface area contributed by atoms with Crippen molar-refractivity contribution in [3.05, 3.63) is 0 Å². The molecule has 0 unspecified atom stereocenters. The Kier molecular flexibility index (Phi) is 49.6.